The molecule has 1 atom stereocenters. The lowest BCUT2D eigenvalue weighted by molar-refractivity contribution is -0.128. The first-order valence-electron chi connectivity index (χ1n) is 6.79. The summed E-state index contributed by atoms with van der Waals surface area (Å²) in [6, 6.07) is 6.32. The highest BCUT2D eigenvalue weighted by Gasteiger charge is 2.24. The molecule has 0 aromatic carbocycles. The predicted molar refractivity (Wildman–Crippen MR) is 75.6 cm³/mol. The molecule has 1 saturated heterocycles. The molecule has 2 rings (SSSR count). The highest BCUT2D eigenvalue weighted by Crippen LogP contribution is 2.19. The molecule has 0 N–H and O–H groups in total. The van der Waals surface area contributed by atoms with Crippen LogP contribution in [0, 0.1) is 0 Å². The molecule has 1 aromatic heterocycles. The molecule has 0 bridgehead atoms. The molecule has 1 aliphatic rings. The van der Waals surface area contributed by atoms with Crippen molar-refractivity contribution in [3.63, 3.8) is 0 Å². The average molecular weight is 259 g/mol. The Morgan fingerprint density at radius 1 is 1.32 bits per heavy atom. The second-order valence-corrected chi connectivity index (χ2v) is 4.79. The lowest BCUT2D eigenvalue weighted by atomic mass is 10.1. The van der Waals surface area contributed by atoms with Crippen molar-refractivity contribution < 1.29 is 4.79 Å². The van der Waals surface area contributed by atoms with Crippen molar-refractivity contribution >= 4 is 5.91 Å². The van der Waals surface area contributed by atoms with Gasteiger partial charge >= 0.3 is 0 Å². The van der Waals surface area contributed by atoms with Gasteiger partial charge < -0.3 is 4.90 Å². The lowest BCUT2D eigenvalue weighted by Gasteiger charge is -2.37. The number of hydrogen-bond donors (Lipinski definition) is 0. The van der Waals surface area contributed by atoms with Gasteiger partial charge in [-0.2, -0.15) is 0 Å². The van der Waals surface area contributed by atoms with Gasteiger partial charge in [0, 0.05) is 38.4 Å². The summed E-state index contributed by atoms with van der Waals surface area (Å²) in [6.07, 6.45) is 5.26. The van der Waals surface area contributed by atoms with E-state index in [0.717, 1.165) is 31.9 Å². The van der Waals surface area contributed by atoms with Crippen LogP contribution < -0.4 is 0 Å². The molecule has 4 heteroatoms. The minimum absolute atomic E-state index is 0.118. The lowest BCUT2D eigenvalue weighted by Crippen LogP contribution is -2.48. The highest BCUT2D eigenvalue weighted by atomic mass is 16.2. The third-order valence-electron chi connectivity index (χ3n) is 3.60. The van der Waals surface area contributed by atoms with E-state index in [9.17, 15) is 4.79 Å². The summed E-state index contributed by atoms with van der Waals surface area (Å²) < 4.78 is 0. The van der Waals surface area contributed by atoms with Gasteiger partial charge in [-0.1, -0.05) is 12.1 Å². The smallest absolute Gasteiger partial charge is 0.246 e. The monoisotopic (exact) mass is 259 g/mol. The van der Waals surface area contributed by atoms with Crippen molar-refractivity contribution in [1.29, 1.82) is 0 Å². The molecule has 0 saturated carbocycles. The number of pyridine rings is 1. The predicted octanol–water partition coefficient (Wildman–Crippen LogP) is 1.86. The van der Waals surface area contributed by atoms with Gasteiger partial charge in [-0.15, -0.1) is 0 Å². The van der Waals surface area contributed by atoms with Crippen LogP contribution in [0.1, 0.15) is 25.6 Å². The second-order valence-electron chi connectivity index (χ2n) is 4.79. The summed E-state index contributed by atoms with van der Waals surface area (Å²) in [5.74, 6) is 0.118. The van der Waals surface area contributed by atoms with Crippen LogP contribution in [0.25, 0.3) is 0 Å². The van der Waals surface area contributed by atoms with Crippen LogP contribution in [0.4, 0.5) is 0 Å². The number of nitrogens with zero attached hydrogens (tertiary/aromatic N) is 3. The van der Waals surface area contributed by atoms with Gasteiger partial charge in [-0.25, -0.2) is 0 Å². The van der Waals surface area contributed by atoms with Crippen molar-refractivity contribution in [3.8, 4) is 0 Å². The minimum atomic E-state index is 0.118. The normalized spacial score (nSPS) is 18.7. The Bertz CT molecular complexity index is 436. The van der Waals surface area contributed by atoms with E-state index in [-0.39, 0.29) is 5.91 Å². The van der Waals surface area contributed by atoms with E-state index in [2.05, 4.69) is 22.9 Å². The molecule has 0 spiro atoms. The van der Waals surface area contributed by atoms with Crippen molar-refractivity contribution in [2.75, 3.05) is 26.2 Å². The number of amides is 1. The van der Waals surface area contributed by atoms with E-state index in [0.29, 0.717) is 6.04 Å². The van der Waals surface area contributed by atoms with Gasteiger partial charge in [-0.05, 0) is 32.1 Å². The fourth-order valence-corrected chi connectivity index (χ4v) is 2.39. The first kappa shape index (κ1) is 13.7. The number of rotatable bonds is 3. The largest absolute Gasteiger partial charge is 0.337 e. The maximum Gasteiger partial charge on any atom is 0.246 e. The van der Waals surface area contributed by atoms with Gasteiger partial charge in [0.1, 0.15) is 0 Å². The summed E-state index contributed by atoms with van der Waals surface area (Å²) in [6.45, 7) is 7.44. The Kier molecular flexibility index (Phi) is 4.68. The van der Waals surface area contributed by atoms with Crippen molar-refractivity contribution in [3.05, 3.63) is 42.2 Å². The van der Waals surface area contributed by atoms with Crippen LogP contribution in [-0.2, 0) is 4.79 Å². The molecular weight excluding hydrogens is 238 g/mol. The van der Waals surface area contributed by atoms with Crippen LogP contribution in [0.5, 0.6) is 0 Å². The molecule has 1 fully saturated rings. The summed E-state index contributed by atoms with van der Waals surface area (Å²) >= 11 is 0. The molecule has 0 radical (unpaired) electrons. The molecule has 1 aromatic rings. The van der Waals surface area contributed by atoms with E-state index >= 15 is 0 Å². The topological polar surface area (TPSA) is 36.4 Å². The zero-order valence-corrected chi connectivity index (χ0v) is 11.6. The van der Waals surface area contributed by atoms with Gasteiger partial charge in [0.25, 0.3) is 0 Å². The molecule has 1 aliphatic heterocycles. The van der Waals surface area contributed by atoms with E-state index in [4.69, 9.17) is 0 Å². The molecule has 102 valence electrons. The van der Waals surface area contributed by atoms with Gasteiger partial charge in [-0.3, -0.25) is 14.7 Å². The summed E-state index contributed by atoms with van der Waals surface area (Å²) in [5.41, 5.74) is 1.09. The molecule has 0 aliphatic carbocycles. The van der Waals surface area contributed by atoms with E-state index in [1.807, 2.05) is 30.2 Å². The number of hydrogen-bond acceptors (Lipinski definition) is 3. The Morgan fingerprint density at radius 3 is 2.63 bits per heavy atom. The Labute approximate surface area is 114 Å². The SMILES string of the molecule is C/C=C/C(=O)N1CCN(C(C)c2ccccn2)CC1. The first-order valence-corrected chi connectivity index (χ1v) is 6.79. The Balaban J connectivity index is 1.91. The van der Waals surface area contributed by atoms with Crippen LogP contribution in [0.2, 0.25) is 0 Å². The number of aromatic nitrogens is 1. The average Bonchev–Trinajstić information content (AvgIpc) is 2.48. The third kappa shape index (κ3) is 3.41. The van der Waals surface area contributed by atoms with Gasteiger partial charge in [0.15, 0.2) is 0 Å². The zero-order valence-electron chi connectivity index (χ0n) is 11.6. The molecule has 1 amide bonds. The number of piperazine rings is 1. The standard InChI is InChI=1S/C15H21N3O/c1-3-6-15(19)18-11-9-17(10-12-18)13(2)14-7-4-5-8-16-14/h3-8,13H,9-12H2,1-2H3/b6-3+. The highest BCUT2D eigenvalue weighted by molar-refractivity contribution is 5.87. The molecule has 2 heterocycles. The summed E-state index contributed by atoms with van der Waals surface area (Å²) in [4.78, 5) is 20.4. The second kappa shape index (κ2) is 6.48. The fourth-order valence-electron chi connectivity index (χ4n) is 2.39. The Morgan fingerprint density at radius 2 is 2.05 bits per heavy atom. The summed E-state index contributed by atoms with van der Waals surface area (Å²) in [7, 11) is 0. The van der Waals surface area contributed by atoms with Crippen LogP contribution in [0.15, 0.2) is 36.5 Å². The van der Waals surface area contributed by atoms with Crippen LogP contribution in [0.3, 0.4) is 0 Å². The minimum Gasteiger partial charge on any atom is -0.337 e. The Hall–Kier alpha value is -1.68. The molecule has 19 heavy (non-hydrogen) atoms. The zero-order chi connectivity index (χ0) is 13.7. The first-order chi connectivity index (χ1) is 9.22. The van der Waals surface area contributed by atoms with Crippen molar-refractivity contribution in [2.24, 2.45) is 0 Å². The van der Waals surface area contributed by atoms with Crippen molar-refractivity contribution in [1.82, 2.24) is 14.8 Å². The van der Waals surface area contributed by atoms with Crippen LogP contribution in [-0.4, -0.2) is 46.9 Å². The third-order valence-corrected chi connectivity index (χ3v) is 3.60. The fraction of sp³-hybridized carbons (Fsp3) is 0.467. The van der Waals surface area contributed by atoms with E-state index in [1.54, 1.807) is 12.2 Å². The molecule has 4 nitrogen and oxygen atoms in total. The van der Waals surface area contributed by atoms with E-state index in [1.165, 1.54) is 0 Å². The molecule has 1 unspecified atom stereocenters. The van der Waals surface area contributed by atoms with E-state index < -0.39 is 0 Å². The quantitative estimate of drug-likeness (QED) is 0.777. The number of allylic oxidation sites excluding steroid dienone is 1. The van der Waals surface area contributed by atoms with Crippen molar-refractivity contribution in [2.45, 2.75) is 19.9 Å². The summed E-state index contributed by atoms with van der Waals surface area (Å²) in [5, 5.41) is 0. The number of carbonyl (C=O) groups is 1. The number of carbonyl (C=O) groups excluding carboxylic acids is 1. The maximum atomic E-state index is 11.8. The van der Waals surface area contributed by atoms with Crippen LogP contribution >= 0.6 is 0 Å². The molecular formula is C15H21N3O. The van der Waals surface area contributed by atoms with Gasteiger partial charge in [0.05, 0.1) is 5.69 Å². The maximum absolute atomic E-state index is 11.8. The van der Waals surface area contributed by atoms with Gasteiger partial charge in [0.2, 0.25) is 5.91 Å².